The van der Waals surface area contributed by atoms with Gasteiger partial charge in [-0.05, 0) is 51.1 Å². The van der Waals surface area contributed by atoms with E-state index in [1.165, 1.54) is 12.8 Å². The second kappa shape index (κ2) is 10.8. The number of likely N-dealkylation sites (N-methyl/N-ethyl adjacent to an activating group) is 1. The minimum atomic E-state index is 0.0989. The molecule has 0 bridgehead atoms. The summed E-state index contributed by atoms with van der Waals surface area (Å²) in [4.78, 5) is 29.0. The molecule has 0 aromatic carbocycles. The topological polar surface area (TPSA) is 61.9 Å². The predicted octanol–water partition coefficient (Wildman–Crippen LogP) is 1.64. The van der Waals surface area contributed by atoms with E-state index >= 15 is 0 Å². The molecule has 2 aliphatic heterocycles. The number of nitrogens with one attached hydrogen (secondary N) is 1. The molecule has 2 aliphatic rings. The molecule has 6 heteroatoms. The van der Waals surface area contributed by atoms with Gasteiger partial charge in [-0.15, -0.1) is 0 Å². The SMILES string of the molecule is CCN1CCCCC1C(=O)N1CCC(CCC(=O)NCCOC)CC1. The summed E-state index contributed by atoms with van der Waals surface area (Å²) in [6.07, 6.45) is 6.94. The molecule has 0 aromatic heterocycles. The van der Waals surface area contributed by atoms with E-state index in [0.717, 1.165) is 51.9 Å². The number of hydrogen-bond acceptors (Lipinski definition) is 4. The van der Waals surface area contributed by atoms with Crippen molar-refractivity contribution in [3.8, 4) is 0 Å². The Morgan fingerprint density at radius 2 is 1.88 bits per heavy atom. The molecule has 1 atom stereocenters. The molecule has 2 amide bonds. The number of hydrogen-bond donors (Lipinski definition) is 1. The van der Waals surface area contributed by atoms with Crippen LogP contribution in [0.4, 0.5) is 0 Å². The maximum atomic E-state index is 12.9. The van der Waals surface area contributed by atoms with E-state index in [-0.39, 0.29) is 11.9 Å². The molecular weight excluding hydrogens is 318 g/mol. The van der Waals surface area contributed by atoms with E-state index in [1.54, 1.807) is 7.11 Å². The monoisotopic (exact) mass is 353 g/mol. The van der Waals surface area contributed by atoms with Crippen LogP contribution in [-0.2, 0) is 14.3 Å². The molecule has 25 heavy (non-hydrogen) atoms. The van der Waals surface area contributed by atoms with Crippen molar-refractivity contribution in [2.75, 3.05) is 46.4 Å². The van der Waals surface area contributed by atoms with Gasteiger partial charge in [-0.25, -0.2) is 0 Å². The zero-order valence-corrected chi connectivity index (χ0v) is 16.0. The van der Waals surface area contributed by atoms with Crippen LogP contribution in [0.1, 0.15) is 51.9 Å². The number of nitrogens with zero attached hydrogens (tertiary/aromatic N) is 2. The van der Waals surface area contributed by atoms with Gasteiger partial charge in [0.1, 0.15) is 0 Å². The van der Waals surface area contributed by atoms with Crippen molar-refractivity contribution in [1.29, 1.82) is 0 Å². The molecule has 6 nitrogen and oxygen atoms in total. The van der Waals surface area contributed by atoms with Gasteiger partial charge in [-0.3, -0.25) is 14.5 Å². The summed E-state index contributed by atoms with van der Waals surface area (Å²) in [5.74, 6) is 1.000. The minimum Gasteiger partial charge on any atom is -0.383 e. The molecule has 0 saturated carbocycles. The lowest BCUT2D eigenvalue weighted by molar-refractivity contribution is -0.139. The summed E-state index contributed by atoms with van der Waals surface area (Å²) in [6.45, 7) is 7.01. The van der Waals surface area contributed by atoms with Gasteiger partial charge in [-0.1, -0.05) is 13.3 Å². The number of amides is 2. The summed E-state index contributed by atoms with van der Waals surface area (Å²) >= 11 is 0. The highest BCUT2D eigenvalue weighted by molar-refractivity contribution is 5.82. The Kier molecular flexibility index (Phi) is 8.68. The van der Waals surface area contributed by atoms with Gasteiger partial charge < -0.3 is 15.0 Å². The molecule has 1 unspecified atom stereocenters. The molecule has 2 fully saturated rings. The Hall–Kier alpha value is -1.14. The van der Waals surface area contributed by atoms with Gasteiger partial charge in [0, 0.05) is 33.2 Å². The van der Waals surface area contributed by atoms with Crippen molar-refractivity contribution in [3.63, 3.8) is 0 Å². The largest absolute Gasteiger partial charge is 0.383 e. The van der Waals surface area contributed by atoms with Gasteiger partial charge in [0.25, 0.3) is 0 Å². The number of piperidine rings is 2. The smallest absolute Gasteiger partial charge is 0.239 e. The van der Waals surface area contributed by atoms with Gasteiger partial charge in [0.2, 0.25) is 11.8 Å². The third-order valence-electron chi connectivity index (χ3n) is 5.64. The summed E-state index contributed by atoms with van der Waals surface area (Å²) in [7, 11) is 1.63. The Morgan fingerprint density at radius 1 is 1.12 bits per heavy atom. The highest BCUT2D eigenvalue weighted by Gasteiger charge is 2.32. The third kappa shape index (κ3) is 6.26. The van der Waals surface area contributed by atoms with Crippen LogP contribution >= 0.6 is 0 Å². The highest BCUT2D eigenvalue weighted by atomic mass is 16.5. The molecule has 0 radical (unpaired) electrons. The maximum Gasteiger partial charge on any atom is 0.239 e. The second-order valence-electron chi connectivity index (χ2n) is 7.29. The predicted molar refractivity (Wildman–Crippen MR) is 98.3 cm³/mol. The first-order valence-electron chi connectivity index (χ1n) is 9.94. The average molecular weight is 354 g/mol. The first-order valence-corrected chi connectivity index (χ1v) is 9.94. The molecule has 0 spiro atoms. The van der Waals surface area contributed by atoms with E-state index < -0.39 is 0 Å². The lowest BCUT2D eigenvalue weighted by atomic mass is 9.91. The molecule has 0 aromatic rings. The van der Waals surface area contributed by atoms with E-state index in [9.17, 15) is 9.59 Å². The first kappa shape index (κ1) is 20.2. The third-order valence-corrected chi connectivity index (χ3v) is 5.64. The van der Waals surface area contributed by atoms with Crippen LogP contribution in [0.2, 0.25) is 0 Å². The number of methoxy groups -OCH3 is 1. The summed E-state index contributed by atoms with van der Waals surface area (Å²) in [5.41, 5.74) is 0. The van der Waals surface area contributed by atoms with Crippen molar-refractivity contribution < 1.29 is 14.3 Å². The van der Waals surface area contributed by atoms with E-state index in [1.807, 2.05) is 0 Å². The number of ether oxygens (including phenoxy) is 1. The Bertz CT molecular complexity index is 422. The molecular formula is C19H35N3O3. The van der Waals surface area contributed by atoms with Gasteiger partial charge in [0.05, 0.1) is 12.6 Å². The van der Waals surface area contributed by atoms with Crippen LogP contribution < -0.4 is 5.32 Å². The number of likely N-dealkylation sites (tertiary alicyclic amines) is 2. The van der Waals surface area contributed by atoms with Crippen LogP contribution in [0.25, 0.3) is 0 Å². The van der Waals surface area contributed by atoms with Crippen LogP contribution in [0.5, 0.6) is 0 Å². The Balaban J connectivity index is 1.68. The fraction of sp³-hybridized carbons (Fsp3) is 0.895. The fourth-order valence-electron chi connectivity index (χ4n) is 4.02. The average Bonchev–Trinajstić information content (AvgIpc) is 2.66. The van der Waals surface area contributed by atoms with Crippen LogP contribution in [0.3, 0.4) is 0 Å². The Morgan fingerprint density at radius 3 is 2.56 bits per heavy atom. The van der Waals surface area contributed by atoms with Crippen molar-refractivity contribution in [1.82, 2.24) is 15.1 Å². The molecule has 2 saturated heterocycles. The molecule has 1 N–H and O–H groups in total. The Labute approximate surface area is 152 Å². The lowest BCUT2D eigenvalue weighted by Gasteiger charge is -2.39. The zero-order chi connectivity index (χ0) is 18.1. The first-order chi connectivity index (χ1) is 12.2. The van der Waals surface area contributed by atoms with Gasteiger partial charge >= 0.3 is 0 Å². The number of carbonyl (C=O) groups excluding carboxylic acids is 2. The van der Waals surface area contributed by atoms with Crippen LogP contribution in [0.15, 0.2) is 0 Å². The second-order valence-corrected chi connectivity index (χ2v) is 7.29. The maximum absolute atomic E-state index is 12.9. The van der Waals surface area contributed by atoms with Crippen molar-refractivity contribution >= 4 is 11.8 Å². The van der Waals surface area contributed by atoms with E-state index in [0.29, 0.717) is 31.4 Å². The van der Waals surface area contributed by atoms with E-state index in [2.05, 4.69) is 22.0 Å². The molecule has 2 heterocycles. The highest BCUT2D eigenvalue weighted by Crippen LogP contribution is 2.25. The quantitative estimate of drug-likeness (QED) is 0.674. The van der Waals surface area contributed by atoms with Crippen molar-refractivity contribution in [2.45, 2.75) is 57.9 Å². The zero-order valence-electron chi connectivity index (χ0n) is 16.0. The summed E-state index contributed by atoms with van der Waals surface area (Å²) < 4.78 is 4.93. The standard InChI is InChI=1S/C19H35N3O3/c1-3-21-12-5-4-6-17(21)19(24)22-13-9-16(10-14-22)7-8-18(23)20-11-15-25-2/h16-17H,3-15H2,1-2H3,(H,20,23). The summed E-state index contributed by atoms with van der Waals surface area (Å²) in [5, 5.41) is 2.87. The minimum absolute atomic E-state index is 0.0989. The lowest BCUT2D eigenvalue weighted by Crippen LogP contribution is -2.52. The molecule has 0 aliphatic carbocycles. The van der Waals surface area contributed by atoms with Gasteiger partial charge in [0.15, 0.2) is 0 Å². The van der Waals surface area contributed by atoms with Gasteiger partial charge in [-0.2, -0.15) is 0 Å². The number of carbonyl (C=O) groups is 2. The summed E-state index contributed by atoms with van der Waals surface area (Å²) in [6, 6.07) is 0.0989. The normalized spacial score (nSPS) is 22.8. The van der Waals surface area contributed by atoms with Crippen LogP contribution in [0, 0.1) is 5.92 Å². The molecule has 2 rings (SSSR count). The fourth-order valence-corrected chi connectivity index (χ4v) is 4.02. The van der Waals surface area contributed by atoms with Crippen LogP contribution in [-0.4, -0.2) is 74.1 Å². The van der Waals surface area contributed by atoms with Crippen molar-refractivity contribution in [2.24, 2.45) is 5.92 Å². The van der Waals surface area contributed by atoms with Crippen molar-refractivity contribution in [3.05, 3.63) is 0 Å². The molecule has 144 valence electrons. The van der Waals surface area contributed by atoms with E-state index in [4.69, 9.17) is 4.74 Å². The number of rotatable bonds is 8.